The standard InChI is InChI=1S/C23H26N2O4S2/c1-5-28-19(26)12-30-23-24-21-20(16-10-17(13(2)3)29-11-18(16)31-21)22(27)25(23)15-8-6-14(4)7-9-15/h6-9,13,17H,5,10-12H2,1-4H3/t17-/m0/s1. The van der Waals surface area contributed by atoms with E-state index in [0.717, 1.165) is 21.7 Å². The molecule has 164 valence electrons. The van der Waals surface area contributed by atoms with Gasteiger partial charge >= 0.3 is 5.97 Å². The summed E-state index contributed by atoms with van der Waals surface area (Å²) in [6.45, 7) is 8.89. The van der Waals surface area contributed by atoms with Gasteiger partial charge in [0.1, 0.15) is 4.83 Å². The van der Waals surface area contributed by atoms with E-state index in [4.69, 9.17) is 14.5 Å². The van der Waals surface area contributed by atoms with Gasteiger partial charge in [-0.25, -0.2) is 4.98 Å². The van der Waals surface area contributed by atoms with Crippen LogP contribution in [-0.2, 0) is 27.3 Å². The summed E-state index contributed by atoms with van der Waals surface area (Å²) < 4.78 is 12.7. The molecule has 1 aliphatic rings. The molecule has 3 aromatic rings. The molecule has 1 aromatic carbocycles. The van der Waals surface area contributed by atoms with Crippen molar-refractivity contribution >= 4 is 39.3 Å². The van der Waals surface area contributed by atoms with Gasteiger partial charge in [-0.3, -0.25) is 14.2 Å². The predicted molar refractivity (Wildman–Crippen MR) is 124 cm³/mol. The molecule has 0 aliphatic carbocycles. The SMILES string of the molecule is CCOC(=O)CSc1nc2sc3c(c2c(=O)n1-c1ccc(C)cc1)C[C@@H](C(C)C)OC3. The number of thioether (sulfide) groups is 1. The average Bonchev–Trinajstić information content (AvgIpc) is 3.11. The fourth-order valence-electron chi connectivity index (χ4n) is 3.68. The first-order chi connectivity index (χ1) is 14.9. The summed E-state index contributed by atoms with van der Waals surface area (Å²) in [5.74, 6) is 0.145. The van der Waals surface area contributed by atoms with E-state index >= 15 is 0 Å². The maximum absolute atomic E-state index is 13.8. The Labute approximate surface area is 189 Å². The number of fused-ring (bicyclic) bond motifs is 3. The molecule has 0 fully saturated rings. The summed E-state index contributed by atoms with van der Waals surface area (Å²) in [7, 11) is 0. The van der Waals surface area contributed by atoms with Crippen LogP contribution < -0.4 is 5.56 Å². The van der Waals surface area contributed by atoms with Crippen LogP contribution >= 0.6 is 23.1 Å². The fraction of sp³-hybridized carbons (Fsp3) is 0.435. The molecule has 6 nitrogen and oxygen atoms in total. The lowest BCUT2D eigenvalue weighted by Gasteiger charge is -2.26. The third-order valence-electron chi connectivity index (χ3n) is 5.37. The number of thiophene rings is 1. The van der Waals surface area contributed by atoms with E-state index in [-0.39, 0.29) is 23.4 Å². The predicted octanol–water partition coefficient (Wildman–Crippen LogP) is 4.51. The maximum Gasteiger partial charge on any atom is 0.316 e. The first-order valence-electron chi connectivity index (χ1n) is 10.4. The molecule has 0 saturated heterocycles. The van der Waals surface area contributed by atoms with Crippen LogP contribution in [0.3, 0.4) is 0 Å². The van der Waals surface area contributed by atoms with E-state index in [2.05, 4.69) is 13.8 Å². The quantitative estimate of drug-likeness (QED) is 0.308. The number of hydrogen-bond acceptors (Lipinski definition) is 7. The van der Waals surface area contributed by atoms with E-state index < -0.39 is 0 Å². The van der Waals surface area contributed by atoms with Gasteiger partial charge in [-0.05, 0) is 37.5 Å². The lowest BCUT2D eigenvalue weighted by molar-refractivity contribution is -0.139. The molecule has 0 spiro atoms. The van der Waals surface area contributed by atoms with Crippen LogP contribution in [0.2, 0.25) is 0 Å². The molecule has 0 saturated carbocycles. The lowest BCUT2D eigenvalue weighted by atomic mass is 9.96. The van der Waals surface area contributed by atoms with Crippen LogP contribution in [0.25, 0.3) is 15.9 Å². The average molecular weight is 459 g/mol. The van der Waals surface area contributed by atoms with Crippen molar-refractivity contribution in [1.82, 2.24) is 9.55 Å². The number of carbonyl (C=O) groups excluding carboxylic acids is 1. The number of aromatic nitrogens is 2. The van der Waals surface area contributed by atoms with Crippen molar-refractivity contribution in [2.45, 2.75) is 52.0 Å². The minimum absolute atomic E-state index is 0.0930. The van der Waals surface area contributed by atoms with Crippen LogP contribution in [0.5, 0.6) is 0 Å². The molecule has 8 heteroatoms. The Kier molecular flexibility index (Phi) is 6.50. The second kappa shape index (κ2) is 9.14. The van der Waals surface area contributed by atoms with Gasteiger partial charge in [-0.15, -0.1) is 11.3 Å². The summed E-state index contributed by atoms with van der Waals surface area (Å²) in [4.78, 5) is 32.3. The molecule has 3 heterocycles. The Morgan fingerprint density at radius 1 is 1.35 bits per heavy atom. The normalized spacial score (nSPS) is 16.0. The number of ether oxygens (including phenoxy) is 2. The topological polar surface area (TPSA) is 70.4 Å². The highest BCUT2D eigenvalue weighted by molar-refractivity contribution is 7.99. The fourth-order valence-corrected chi connectivity index (χ4v) is 5.66. The smallest absolute Gasteiger partial charge is 0.316 e. The summed E-state index contributed by atoms with van der Waals surface area (Å²) >= 11 is 2.74. The molecule has 0 bridgehead atoms. The van der Waals surface area contributed by atoms with Crippen molar-refractivity contribution in [3.05, 3.63) is 50.6 Å². The van der Waals surface area contributed by atoms with Gasteiger partial charge in [0, 0.05) is 11.3 Å². The number of hydrogen-bond donors (Lipinski definition) is 0. The highest BCUT2D eigenvalue weighted by atomic mass is 32.2. The van der Waals surface area contributed by atoms with Crippen molar-refractivity contribution in [3.8, 4) is 5.69 Å². The first kappa shape index (κ1) is 22.0. The summed E-state index contributed by atoms with van der Waals surface area (Å²) in [5.41, 5.74) is 2.81. The molecule has 31 heavy (non-hydrogen) atoms. The van der Waals surface area contributed by atoms with Gasteiger partial charge in [0.2, 0.25) is 0 Å². The van der Waals surface area contributed by atoms with Gasteiger partial charge in [0.05, 0.1) is 36.1 Å². The Morgan fingerprint density at radius 3 is 2.77 bits per heavy atom. The number of nitrogens with zero attached hydrogens (tertiary/aromatic N) is 2. The number of carbonyl (C=O) groups is 1. The van der Waals surface area contributed by atoms with Crippen LogP contribution in [0.4, 0.5) is 0 Å². The molecule has 4 rings (SSSR count). The minimum Gasteiger partial charge on any atom is -0.465 e. The zero-order valence-electron chi connectivity index (χ0n) is 18.1. The molecule has 0 unspecified atom stereocenters. The van der Waals surface area contributed by atoms with Crippen LogP contribution in [-0.4, -0.2) is 34.0 Å². The zero-order valence-corrected chi connectivity index (χ0v) is 19.8. The van der Waals surface area contributed by atoms with Crippen LogP contribution in [0, 0.1) is 12.8 Å². The van der Waals surface area contributed by atoms with Gasteiger partial charge < -0.3 is 9.47 Å². The van der Waals surface area contributed by atoms with Crippen molar-refractivity contribution in [2.75, 3.05) is 12.4 Å². The third kappa shape index (κ3) is 4.42. The zero-order chi connectivity index (χ0) is 22.1. The van der Waals surface area contributed by atoms with Gasteiger partial charge in [-0.1, -0.05) is 43.3 Å². The largest absolute Gasteiger partial charge is 0.465 e. The molecule has 0 amide bonds. The van der Waals surface area contributed by atoms with Crippen molar-refractivity contribution in [2.24, 2.45) is 5.92 Å². The summed E-state index contributed by atoms with van der Waals surface area (Å²) in [5, 5.41) is 1.17. The second-order valence-electron chi connectivity index (χ2n) is 7.95. The lowest BCUT2D eigenvalue weighted by Crippen LogP contribution is -2.28. The summed E-state index contributed by atoms with van der Waals surface area (Å²) in [6.07, 6.45) is 0.808. The van der Waals surface area contributed by atoms with E-state index in [9.17, 15) is 9.59 Å². The minimum atomic E-state index is -0.323. The highest BCUT2D eigenvalue weighted by Gasteiger charge is 2.29. The van der Waals surface area contributed by atoms with E-state index in [0.29, 0.717) is 40.9 Å². The van der Waals surface area contributed by atoms with E-state index in [1.807, 2.05) is 31.2 Å². The van der Waals surface area contributed by atoms with Crippen molar-refractivity contribution in [1.29, 1.82) is 0 Å². The number of aryl methyl sites for hydroxylation is 1. The number of esters is 1. The molecular formula is C23H26N2O4S2. The molecule has 1 aliphatic heterocycles. The highest BCUT2D eigenvalue weighted by Crippen LogP contribution is 2.36. The molecular weight excluding hydrogens is 432 g/mol. The van der Waals surface area contributed by atoms with Gasteiger partial charge in [0.25, 0.3) is 5.56 Å². The Bertz CT molecular complexity index is 1170. The second-order valence-corrected chi connectivity index (χ2v) is 9.97. The third-order valence-corrected chi connectivity index (χ3v) is 7.38. The van der Waals surface area contributed by atoms with Crippen LogP contribution in [0.1, 0.15) is 36.8 Å². The first-order valence-corrected chi connectivity index (χ1v) is 12.2. The van der Waals surface area contributed by atoms with Crippen molar-refractivity contribution in [3.63, 3.8) is 0 Å². The Morgan fingerprint density at radius 2 is 2.10 bits per heavy atom. The monoisotopic (exact) mass is 458 g/mol. The summed E-state index contributed by atoms with van der Waals surface area (Å²) in [6, 6.07) is 7.77. The number of benzene rings is 1. The van der Waals surface area contributed by atoms with Crippen molar-refractivity contribution < 1.29 is 14.3 Å². The molecule has 2 aromatic heterocycles. The van der Waals surface area contributed by atoms with E-state index in [1.54, 1.807) is 11.5 Å². The molecule has 0 N–H and O–H groups in total. The Hall–Kier alpha value is -2.16. The maximum atomic E-state index is 13.8. The van der Waals surface area contributed by atoms with Gasteiger partial charge in [0.15, 0.2) is 5.16 Å². The Balaban J connectivity index is 1.86. The van der Waals surface area contributed by atoms with Gasteiger partial charge in [-0.2, -0.15) is 0 Å². The molecule has 0 radical (unpaired) electrons. The molecule has 1 atom stereocenters. The number of rotatable bonds is 6. The van der Waals surface area contributed by atoms with E-state index in [1.165, 1.54) is 23.1 Å². The van der Waals surface area contributed by atoms with Crippen LogP contribution in [0.15, 0.2) is 34.2 Å².